The van der Waals surface area contributed by atoms with E-state index in [0.717, 1.165) is 6.42 Å². The van der Waals surface area contributed by atoms with Gasteiger partial charge in [-0.15, -0.1) is 0 Å². The minimum absolute atomic E-state index is 0.321. The van der Waals surface area contributed by atoms with Gasteiger partial charge in [0.15, 0.2) is 11.5 Å². The largest absolute Gasteiger partial charge is 0.490 e. The van der Waals surface area contributed by atoms with E-state index >= 15 is 0 Å². The van der Waals surface area contributed by atoms with Crippen LogP contribution in [0.4, 0.5) is 10.1 Å². The van der Waals surface area contributed by atoms with Gasteiger partial charge in [-0.3, -0.25) is 0 Å². The van der Waals surface area contributed by atoms with Crippen molar-refractivity contribution in [3.63, 3.8) is 0 Å². The normalized spacial score (nSPS) is 10.2. The molecule has 0 fully saturated rings. The fraction of sp³-hybridized carbons (Fsp3) is 0.200. The monoisotopic (exact) mass is 261 g/mol. The molecule has 100 valence electrons. The molecule has 0 aliphatic rings. The van der Waals surface area contributed by atoms with Gasteiger partial charge >= 0.3 is 0 Å². The second kappa shape index (κ2) is 6.09. The number of nitrogen functional groups attached to an aromatic ring is 1. The Morgan fingerprint density at radius 2 is 1.84 bits per heavy atom. The Labute approximate surface area is 111 Å². The maximum atomic E-state index is 13.2. The van der Waals surface area contributed by atoms with Gasteiger partial charge in [-0.2, -0.15) is 0 Å². The zero-order chi connectivity index (χ0) is 13.7. The van der Waals surface area contributed by atoms with E-state index in [1.165, 1.54) is 12.1 Å². The summed E-state index contributed by atoms with van der Waals surface area (Å²) in [5.74, 6) is 1.10. The molecule has 0 atom stereocenters. The molecule has 2 rings (SSSR count). The first-order valence-electron chi connectivity index (χ1n) is 6.15. The van der Waals surface area contributed by atoms with Crippen LogP contribution in [-0.4, -0.2) is 6.61 Å². The minimum Gasteiger partial charge on any atom is -0.490 e. The number of nitrogens with two attached hydrogens (primary N) is 1. The third-order valence-corrected chi connectivity index (χ3v) is 2.43. The Morgan fingerprint density at radius 3 is 2.53 bits per heavy atom. The average Bonchev–Trinajstić information content (AvgIpc) is 2.36. The van der Waals surface area contributed by atoms with Crippen molar-refractivity contribution in [1.82, 2.24) is 0 Å². The Kier molecular flexibility index (Phi) is 4.23. The van der Waals surface area contributed by atoms with E-state index in [2.05, 4.69) is 0 Å². The molecule has 4 heteroatoms. The lowest BCUT2D eigenvalue weighted by atomic mass is 10.3. The van der Waals surface area contributed by atoms with Crippen LogP contribution in [-0.2, 0) is 0 Å². The quantitative estimate of drug-likeness (QED) is 0.828. The number of para-hydroxylation sites is 2. The summed E-state index contributed by atoms with van der Waals surface area (Å²) in [6, 6.07) is 11.4. The molecule has 2 N–H and O–H groups in total. The van der Waals surface area contributed by atoms with Gasteiger partial charge in [-0.1, -0.05) is 19.1 Å². The van der Waals surface area contributed by atoms with Gasteiger partial charge in [0, 0.05) is 17.8 Å². The van der Waals surface area contributed by atoms with E-state index in [1.54, 1.807) is 12.1 Å². The summed E-state index contributed by atoms with van der Waals surface area (Å²) in [5.41, 5.74) is 5.90. The number of hydrogen-bond donors (Lipinski definition) is 1. The van der Waals surface area contributed by atoms with Crippen molar-refractivity contribution in [2.75, 3.05) is 12.3 Å². The van der Waals surface area contributed by atoms with Crippen LogP contribution in [0, 0.1) is 5.82 Å². The van der Waals surface area contributed by atoms with Crippen LogP contribution in [0.3, 0.4) is 0 Å². The van der Waals surface area contributed by atoms with Crippen molar-refractivity contribution in [3.05, 3.63) is 48.3 Å². The van der Waals surface area contributed by atoms with Crippen LogP contribution in [0.15, 0.2) is 42.5 Å². The van der Waals surface area contributed by atoms with Gasteiger partial charge in [-0.25, -0.2) is 4.39 Å². The van der Waals surface area contributed by atoms with Gasteiger partial charge in [0.2, 0.25) is 0 Å². The van der Waals surface area contributed by atoms with Crippen LogP contribution < -0.4 is 15.2 Å². The maximum Gasteiger partial charge on any atom is 0.169 e. The van der Waals surface area contributed by atoms with Gasteiger partial charge in [0.25, 0.3) is 0 Å². The Morgan fingerprint density at radius 1 is 1.11 bits per heavy atom. The fourth-order valence-electron chi connectivity index (χ4n) is 1.64. The number of anilines is 1. The van der Waals surface area contributed by atoms with Crippen LogP contribution in [0.25, 0.3) is 0 Å². The zero-order valence-electron chi connectivity index (χ0n) is 10.7. The minimum atomic E-state index is -0.429. The maximum absolute atomic E-state index is 13.2. The van der Waals surface area contributed by atoms with E-state index < -0.39 is 5.82 Å². The van der Waals surface area contributed by atoms with E-state index in [9.17, 15) is 4.39 Å². The summed E-state index contributed by atoms with van der Waals surface area (Å²) >= 11 is 0. The van der Waals surface area contributed by atoms with Gasteiger partial charge in [0.1, 0.15) is 11.6 Å². The molecule has 0 bridgehead atoms. The summed E-state index contributed by atoms with van der Waals surface area (Å²) < 4.78 is 24.4. The Hall–Kier alpha value is -2.23. The highest BCUT2D eigenvalue weighted by atomic mass is 19.1. The number of hydrogen-bond acceptors (Lipinski definition) is 3. The molecular formula is C15H16FNO2. The molecule has 0 unspecified atom stereocenters. The molecule has 0 amide bonds. The van der Waals surface area contributed by atoms with Crippen molar-refractivity contribution < 1.29 is 13.9 Å². The molecule has 0 spiro atoms. The smallest absolute Gasteiger partial charge is 0.169 e. The highest BCUT2D eigenvalue weighted by Crippen LogP contribution is 2.32. The molecule has 19 heavy (non-hydrogen) atoms. The van der Waals surface area contributed by atoms with E-state index in [4.69, 9.17) is 15.2 Å². The molecule has 2 aromatic carbocycles. The lowest BCUT2D eigenvalue weighted by Gasteiger charge is -2.12. The molecule has 0 aliphatic carbocycles. The molecule has 0 heterocycles. The number of halogens is 1. The van der Waals surface area contributed by atoms with Gasteiger partial charge < -0.3 is 15.2 Å². The lowest BCUT2D eigenvalue weighted by molar-refractivity contribution is 0.302. The molecule has 0 saturated carbocycles. The van der Waals surface area contributed by atoms with Crippen LogP contribution in [0.1, 0.15) is 13.3 Å². The molecule has 2 aromatic rings. The predicted molar refractivity (Wildman–Crippen MR) is 73.1 cm³/mol. The standard InChI is InChI=1S/C15H16FNO2/c1-2-7-18-14-5-3-4-6-15(14)19-13-9-11(16)8-12(17)10-13/h3-6,8-10H,2,7,17H2,1H3. The summed E-state index contributed by atoms with van der Waals surface area (Å²) in [7, 11) is 0. The van der Waals surface area contributed by atoms with Crippen LogP contribution >= 0.6 is 0 Å². The molecule has 0 aliphatic heterocycles. The number of benzene rings is 2. The van der Waals surface area contributed by atoms with Crippen molar-refractivity contribution in [2.45, 2.75) is 13.3 Å². The first-order chi connectivity index (χ1) is 9.19. The summed E-state index contributed by atoms with van der Waals surface area (Å²) in [5, 5.41) is 0. The Balaban J connectivity index is 2.22. The van der Waals surface area contributed by atoms with Gasteiger partial charge in [-0.05, 0) is 24.6 Å². The average molecular weight is 261 g/mol. The third kappa shape index (κ3) is 3.61. The van der Waals surface area contributed by atoms with Crippen LogP contribution in [0.5, 0.6) is 17.2 Å². The molecule has 0 saturated heterocycles. The molecule has 3 nitrogen and oxygen atoms in total. The van der Waals surface area contributed by atoms with E-state index in [1.807, 2.05) is 25.1 Å². The predicted octanol–water partition coefficient (Wildman–Crippen LogP) is 3.99. The second-order valence-electron chi connectivity index (χ2n) is 4.12. The lowest BCUT2D eigenvalue weighted by Crippen LogP contribution is -1.97. The van der Waals surface area contributed by atoms with Crippen LogP contribution in [0.2, 0.25) is 0 Å². The summed E-state index contributed by atoms with van der Waals surface area (Å²) in [6.07, 6.45) is 0.904. The van der Waals surface area contributed by atoms with E-state index in [-0.39, 0.29) is 0 Å². The highest BCUT2D eigenvalue weighted by molar-refractivity contribution is 5.48. The summed E-state index contributed by atoms with van der Waals surface area (Å²) in [6.45, 7) is 2.63. The zero-order valence-corrected chi connectivity index (χ0v) is 10.7. The van der Waals surface area contributed by atoms with Crippen molar-refractivity contribution in [2.24, 2.45) is 0 Å². The molecule has 0 radical (unpaired) electrons. The topological polar surface area (TPSA) is 44.5 Å². The van der Waals surface area contributed by atoms with Gasteiger partial charge in [0.05, 0.1) is 6.61 Å². The first kappa shape index (κ1) is 13.2. The fourth-order valence-corrected chi connectivity index (χ4v) is 1.64. The first-order valence-corrected chi connectivity index (χ1v) is 6.15. The second-order valence-corrected chi connectivity index (χ2v) is 4.12. The van der Waals surface area contributed by atoms with Crippen molar-refractivity contribution in [1.29, 1.82) is 0 Å². The number of rotatable bonds is 5. The van der Waals surface area contributed by atoms with Crippen molar-refractivity contribution in [3.8, 4) is 17.2 Å². The number of ether oxygens (including phenoxy) is 2. The SMILES string of the molecule is CCCOc1ccccc1Oc1cc(N)cc(F)c1. The highest BCUT2D eigenvalue weighted by Gasteiger charge is 2.07. The summed E-state index contributed by atoms with van der Waals surface area (Å²) in [4.78, 5) is 0. The van der Waals surface area contributed by atoms with E-state index in [0.29, 0.717) is 29.5 Å². The Bertz CT molecular complexity index is 537. The third-order valence-electron chi connectivity index (χ3n) is 2.43. The van der Waals surface area contributed by atoms with Crippen molar-refractivity contribution >= 4 is 5.69 Å². The molecular weight excluding hydrogens is 245 g/mol. The molecule has 0 aromatic heterocycles.